The molecule has 1 saturated carbocycles. The molecule has 12 heavy (non-hydrogen) atoms. The van der Waals surface area contributed by atoms with Crippen molar-refractivity contribution in [3.8, 4) is 0 Å². The van der Waals surface area contributed by atoms with Gasteiger partial charge in [-0.2, -0.15) is 0 Å². The van der Waals surface area contributed by atoms with Crippen molar-refractivity contribution in [2.75, 3.05) is 20.1 Å². The quantitative estimate of drug-likeness (QED) is 0.663. The Morgan fingerprint density at radius 3 is 2.42 bits per heavy atom. The van der Waals surface area contributed by atoms with E-state index in [0.717, 1.165) is 18.0 Å². The molecule has 1 heterocycles. The molecule has 1 aliphatic heterocycles. The maximum absolute atomic E-state index is 3.34. The highest BCUT2D eigenvalue weighted by Gasteiger charge is 2.32. The van der Waals surface area contributed by atoms with Crippen LogP contribution in [-0.2, 0) is 0 Å². The van der Waals surface area contributed by atoms with E-state index in [2.05, 4.69) is 24.2 Å². The van der Waals surface area contributed by atoms with Crippen molar-refractivity contribution in [2.24, 2.45) is 5.92 Å². The fourth-order valence-corrected chi connectivity index (χ4v) is 2.56. The predicted molar refractivity (Wildman–Crippen MR) is 51.2 cm³/mol. The Balaban J connectivity index is 1.89. The number of hydrogen-bond donors (Lipinski definition) is 1. The van der Waals surface area contributed by atoms with Gasteiger partial charge in [0, 0.05) is 25.2 Å². The summed E-state index contributed by atoms with van der Waals surface area (Å²) in [5.74, 6) is 0.926. The van der Waals surface area contributed by atoms with Crippen molar-refractivity contribution in [3.63, 3.8) is 0 Å². The normalized spacial score (nSPS) is 37.2. The van der Waals surface area contributed by atoms with E-state index in [1.807, 2.05) is 0 Å². The maximum Gasteiger partial charge on any atom is 0.0345 e. The molecule has 70 valence electrons. The topological polar surface area (TPSA) is 15.3 Å². The van der Waals surface area contributed by atoms with Crippen molar-refractivity contribution >= 4 is 0 Å². The van der Waals surface area contributed by atoms with Crippen LogP contribution < -0.4 is 5.32 Å². The summed E-state index contributed by atoms with van der Waals surface area (Å²) >= 11 is 0. The lowest BCUT2D eigenvalue weighted by molar-refractivity contribution is 0.108. The molecule has 2 atom stereocenters. The van der Waals surface area contributed by atoms with Gasteiger partial charge >= 0.3 is 0 Å². The molecule has 0 amide bonds. The van der Waals surface area contributed by atoms with Gasteiger partial charge in [-0.15, -0.1) is 0 Å². The van der Waals surface area contributed by atoms with Gasteiger partial charge in [-0.3, -0.25) is 4.90 Å². The van der Waals surface area contributed by atoms with Crippen molar-refractivity contribution in [1.29, 1.82) is 0 Å². The molecular formula is C10H20N2. The zero-order chi connectivity index (χ0) is 8.55. The maximum atomic E-state index is 3.34. The highest BCUT2D eigenvalue weighted by molar-refractivity contribution is 4.90. The average molecular weight is 168 g/mol. The summed E-state index contributed by atoms with van der Waals surface area (Å²) in [5, 5.41) is 3.34. The molecule has 2 fully saturated rings. The van der Waals surface area contributed by atoms with Gasteiger partial charge in [0.25, 0.3) is 0 Å². The largest absolute Gasteiger partial charge is 0.314 e. The monoisotopic (exact) mass is 168 g/mol. The summed E-state index contributed by atoms with van der Waals surface area (Å²) in [4.78, 5) is 2.61. The second-order valence-corrected chi connectivity index (χ2v) is 4.45. The third-order valence-electron chi connectivity index (χ3n) is 3.68. The molecule has 2 rings (SSSR count). The molecular weight excluding hydrogens is 148 g/mol. The molecule has 2 aliphatic rings. The first-order chi connectivity index (χ1) is 5.79. The van der Waals surface area contributed by atoms with E-state index in [1.165, 1.54) is 32.4 Å². The summed E-state index contributed by atoms with van der Waals surface area (Å²) in [5.41, 5.74) is 0. The van der Waals surface area contributed by atoms with Gasteiger partial charge in [0.2, 0.25) is 0 Å². The van der Waals surface area contributed by atoms with E-state index in [1.54, 1.807) is 0 Å². The minimum atomic E-state index is 0.829. The molecule has 0 aromatic carbocycles. The van der Waals surface area contributed by atoms with Crippen molar-refractivity contribution in [2.45, 2.75) is 38.3 Å². The van der Waals surface area contributed by atoms with Crippen LogP contribution in [0.3, 0.4) is 0 Å². The number of nitrogens with zero attached hydrogens (tertiary/aromatic N) is 1. The number of nitrogens with one attached hydrogen (secondary N) is 1. The van der Waals surface area contributed by atoms with Crippen molar-refractivity contribution in [3.05, 3.63) is 0 Å². The number of rotatable bonds is 2. The van der Waals surface area contributed by atoms with Crippen LogP contribution in [0, 0.1) is 5.92 Å². The molecule has 1 saturated heterocycles. The highest BCUT2D eigenvalue weighted by atomic mass is 15.2. The molecule has 0 aromatic heterocycles. The lowest BCUT2D eigenvalue weighted by atomic mass is 10.0. The van der Waals surface area contributed by atoms with Crippen LogP contribution in [0.1, 0.15) is 26.2 Å². The Morgan fingerprint density at radius 1 is 1.25 bits per heavy atom. The zero-order valence-corrected chi connectivity index (χ0v) is 8.21. The lowest BCUT2D eigenvalue weighted by Gasteiger charge is -2.40. The van der Waals surface area contributed by atoms with Crippen LogP contribution in [0.15, 0.2) is 0 Å². The summed E-state index contributed by atoms with van der Waals surface area (Å²) < 4.78 is 0. The van der Waals surface area contributed by atoms with Gasteiger partial charge in [-0.1, -0.05) is 13.3 Å². The van der Waals surface area contributed by atoms with Crippen LogP contribution in [0.25, 0.3) is 0 Å². The lowest BCUT2D eigenvalue weighted by Crippen LogP contribution is -2.58. The van der Waals surface area contributed by atoms with E-state index < -0.39 is 0 Å². The van der Waals surface area contributed by atoms with Gasteiger partial charge in [-0.25, -0.2) is 0 Å². The molecule has 0 bridgehead atoms. The number of likely N-dealkylation sites (N-methyl/N-ethyl adjacent to an activating group) is 1. The molecule has 0 radical (unpaired) electrons. The van der Waals surface area contributed by atoms with E-state index in [-0.39, 0.29) is 0 Å². The minimum Gasteiger partial charge on any atom is -0.314 e. The zero-order valence-electron chi connectivity index (χ0n) is 8.21. The fraction of sp³-hybridized carbons (Fsp3) is 1.00. The smallest absolute Gasteiger partial charge is 0.0345 e. The Kier molecular flexibility index (Phi) is 2.37. The minimum absolute atomic E-state index is 0.829. The molecule has 2 unspecified atom stereocenters. The second kappa shape index (κ2) is 3.35. The second-order valence-electron chi connectivity index (χ2n) is 4.45. The summed E-state index contributed by atoms with van der Waals surface area (Å²) in [6.07, 6.45) is 4.31. The van der Waals surface area contributed by atoms with E-state index >= 15 is 0 Å². The van der Waals surface area contributed by atoms with Crippen LogP contribution in [0.4, 0.5) is 0 Å². The predicted octanol–water partition coefficient (Wildman–Crippen LogP) is 1.08. The fourth-order valence-electron chi connectivity index (χ4n) is 2.56. The SMILES string of the molecule is CC1CCCC1N(C)C1CNC1. The van der Waals surface area contributed by atoms with E-state index in [9.17, 15) is 0 Å². The first kappa shape index (κ1) is 8.52. The van der Waals surface area contributed by atoms with E-state index in [0.29, 0.717) is 0 Å². The van der Waals surface area contributed by atoms with Crippen LogP contribution >= 0.6 is 0 Å². The Morgan fingerprint density at radius 2 is 2.00 bits per heavy atom. The molecule has 0 aromatic rings. The van der Waals surface area contributed by atoms with Crippen LogP contribution in [0.2, 0.25) is 0 Å². The first-order valence-corrected chi connectivity index (χ1v) is 5.21. The standard InChI is InChI=1S/C10H20N2/c1-8-4-3-5-10(8)12(2)9-6-11-7-9/h8-11H,3-7H2,1-2H3. The molecule has 2 nitrogen and oxygen atoms in total. The average Bonchev–Trinajstić information content (AvgIpc) is 2.31. The molecule has 2 heteroatoms. The Labute approximate surface area is 75.3 Å². The van der Waals surface area contributed by atoms with Gasteiger partial charge in [-0.05, 0) is 25.8 Å². The summed E-state index contributed by atoms with van der Waals surface area (Å²) in [6, 6.07) is 1.70. The highest BCUT2D eigenvalue weighted by Crippen LogP contribution is 2.30. The first-order valence-electron chi connectivity index (χ1n) is 5.21. The van der Waals surface area contributed by atoms with Gasteiger partial charge in [0.15, 0.2) is 0 Å². The van der Waals surface area contributed by atoms with Gasteiger partial charge < -0.3 is 5.32 Å². The summed E-state index contributed by atoms with van der Waals surface area (Å²) in [7, 11) is 2.30. The molecule has 0 spiro atoms. The third-order valence-corrected chi connectivity index (χ3v) is 3.68. The third kappa shape index (κ3) is 1.38. The van der Waals surface area contributed by atoms with Crippen molar-refractivity contribution < 1.29 is 0 Å². The molecule has 1 N–H and O–H groups in total. The molecule has 1 aliphatic carbocycles. The van der Waals surface area contributed by atoms with Gasteiger partial charge in [0.05, 0.1) is 0 Å². The van der Waals surface area contributed by atoms with Gasteiger partial charge in [0.1, 0.15) is 0 Å². The van der Waals surface area contributed by atoms with Crippen molar-refractivity contribution in [1.82, 2.24) is 10.2 Å². The number of hydrogen-bond acceptors (Lipinski definition) is 2. The van der Waals surface area contributed by atoms with E-state index in [4.69, 9.17) is 0 Å². The summed E-state index contributed by atoms with van der Waals surface area (Å²) in [6.45, 7) is 4.82. The van der Waals surface area contributed by atoms with Crippen LogP contribution in [0.5, 0.6) is 0 Å². The Hall–Kier alpha value is -0.0800. The Bertz CT molecular complexity index is 154. The van der Waals surface area contributed by atoms with Crippen LogP contribution in [-0.4, -0.2) is 37.1 Å².